The number of benzene rings is 1. The summed E-state index contributed by atoms with van der Waals surface area (Å²) < 4.78 is 6.66. The average molecular weight is 257 g/mol. The molecule has 0 N–H and O–H groups in total. The van der Waals surface area contributed by atoms with Gasteiger partial charge in [0.1, 0.15) is 21.4 Å². The number of fused-ring (bicyclic) bond motifs is 1. The Bertz CT molecular complexity index is 367. The van der Waals surface area contributed by atoms with Crippen LogP contribution in [-0.4, -0.2) is 21.1 Å². The van der Waals surface area contributed by atoms with Crippen LogP contribution >= 0.6 is 27.5 Å². The van der Waals surface area contributed by atoms with Crippen LogP contribution in [0.15, 0.2) is 16.6 Å². The maximum atomic E-state index is 6.14. The van der Waals surface area contributed by atoms with Crippen molar-refractivity contribution in [2.75, 3.05) is 0 Å². The zero-order valence-corrected chi connectivity index (χ0v) is 9.87. The lowest BCUT2D eigenvalue weighted by atomic mass is 9.63. The molecule has 1 aromatic carbocycles. The molecule has 0 spiro atoms. The number of halogens is 2. The van der Waals surface area contributed by atoms with Crippen LogP contribution < -0.4 is 4.74 Å². The molecule has 0 atom stereocenters. The van der Waals surface area contributed by atoms with Crippen LogP contribution in [0.4, 0.5) is 0 Å². The van der Waals surface area contributed by atoms with Crippen molar-refractivity contribution in [2.45, 2.75) is 11.8 Å². The quantitative estimate of drug-likeness (QED) is 0.629. The van der Waals surface area contributed by atoms with E-state index in [-0.39, 0.29) is 5.40 Å². The van der Waals surface area contributed by atoms with E-state index < -0.39 is 0 Å². The Morgan fingerprint density at radius 3 is 2.85 bits per heavy atom. The molecule has 2 rings (SSSR count). The lowest BCUT2D eigenvalue weighted by molar-refractivity contribution is 0.274. The van der Waals surface area contributed by atoms with Crippen molar-refractivity contribution in [1.82, 2.24) is 0 Å². The van der Waals surface area contributed by atoms with Crippen LogP contribution in [0.2, 0.25) is 5.02 Å². The molecule has 0 saturated heterocycles. The molecule has 1 heterocycles. The van der Waals surface area contributed by atoms with Gasteiger partial charge in [-0.1, -0.05) is 11.6 Å². The summed E-state index contributed by atoms with van der Waals surface area (Å²) in [5.74, 6) is 0.915. The molecular weight excluding hydrogens is 249 g/mol. The zero-order valence-electron chi connectivity index (χ0n) is 7.53. The van der Waals surface area contributed by atoms with E-state index in [2.05, 4.69) is 31.6 Å². The van der Waals surface area contributed by atoms with Gasteiger partial charge in [-0.15, -0.1) is 0 Å². The lowest BCUT2D eigenvalue weighted by Gasteiger charge is -2.16. The molecule has 1 aliphatic heterocycles. The summed E-state index contributed by atoms with van der Waals surface area (Å²) >= 11 is 9.54. The second kappa shape index (κ2) is 2.96. The molecule has 66 valence electrons. The van der Waals surface area contributed by atoms with Crippen LogP contribution in [0, 0.1) is 0 Å². The normalized spacial score (nSPS) is 18.0. The van der Waals surface area contributed by atoms with Crippen molar-refractivity contribution in [3.8, 4) is 5.75 Å². The van der Waals surface area contributed by atoms with E-state index in [0.29, 0.717) is 0 Å². The van der Waals surface area contributed by atoms with Gasteiger partial charge in [0.05, 0.1) is 5.02 Å². The third-order valence-corrected chi connectivity index (χ3v) is 3.46. The van der Waals surface area contributed by atoms with Gasteiger partial charge in [-0.3, -0.25) is 0 Å². The van der Waals surface area contributed by atoms with E-state index in [1.165, 1.54) is 0 Å². The fraction of sp³-hybridized carbons (Fsp3) is 0.250. The predicted molar refractivity (Wildman–Crippen MR) is 63.3 cm³/mol. The third kappa shape index (κ3) is 1.62. The first-order valence-corrected chi connectivity index (χ1v) is 5.32. The Hall–Kier alpha value is -0.0801. The molecule has 5 heteroatoms. The van der Waals surface area contributed by atoms with Crippen molar-refractivity contribution in [3.05, 3.63) is 27.2 Å². The van der Waals surface area contributed by atoms with Crippen LogP contribution in [0.5, 0.6) is 5.75 Å². The third-order valence-electron chi connectivity index (χ3n) is 2.14. The van der Waals surface area contributed by atoms with Gasteiger partial charge in [0.25, 0.3) is 0 Å². The van der Waals surface area contributed by atoms with Gasteiger partial charge in [-0.2, -0.15) is 0 Å². The van der Waals surface area contributed by atoms with Gasteiger partial charge in [0, 0.05) is 21.9 Å². The maximum absolute atomic E-state index is 6.14. The fourth-order valence-electron chi connectivity index (χ4n) is 1.59. The Morgan fingerprint density at radius 1 is 1.46 bits per heavy atom. The second-order valence-electron chi connectivity index (χ2n) is 3.88. The molecule has 13 heavy (non-hydrogen) atoms. The van der Waals surface area contributed by atoms with Gasteiger partial charge in [-0.05, 0) is 28.1 Å². The minimum absolute atomic E-state index is 0.118. The van der Waals surface area contributed by atoms with E-state index >= 15 is 0 Å². The summed E-state index contributed by atoms with van der Waals surface area (Å²) in [6.45, 7) is 0. The Balaban J connectivity index is 2.53. The summed E-state index contributed by atoms with van der Waals surface area (Å²) in [6, 6.07) is 3.88. The molecule has 0 amide bonds. The number of ether oxygens (including phenoxy) is 1. The molecule has 1 aliphatic rings. The van der Waals surface area contributed by atoms with Gasteiger partial charge in [0.2, 0.25) is 0 Å². The van der Waals surface area contributed by atoms with Crippen LogP contribution in [0.1, 0.15) is 5.56 Å². The Kier molecular flexibility index (Phi) is 2.16. The molecule has 0 aliphatic carbocycles. The monoisotopic (exact) mass is 256 g/mol. The summed E-state index contributed by atoms with van der Waals surface area (Å²) in [5, 5.41) is 0.662. The standard InChI is InChI=1S/C8H8B2BrClO/c9-8(10)3-4-6(13-8)2-1-5(11)7(4)12/h1-2H,3,9-10H2. The van der Waals surface area contributed by atoms with Crippen molar-refractivity contribution in [1.29, 1.82) is 0 Å². The highest BCUT2D eigenvalue weighted by Crippen LogP contribution is 2.40. The summed E-state index contributed by atoms with van der Waals surface area (Å²) in [6.07, 6.45) is 0.876. The molecule has 0 aromatic heterocycles. The van der Waals surface area contributed by atoms with Gasteiger partial charge < -0.3 is 4.74 Å². The first kappa shape index (κ1) is 9.47. The number of hydrogen-bond donors (Lipinski definition) is 0. The van der Waals surface area contributed by atoms with Crippen LogP contribution in [-0.2, 0) is 6.42 Å². The van der Waals surface area contributed by atoms with Crippen molar-refractivity contribution in [3.63, 3.8) is 0 Å². The van der Waals surface area contributed by atoms with E-state index in [1.807, 2.05) is 12.1 Å². The van der Waals surface area contributed by atoms with Gasteiger partial charge in [0.15, 0.2) is 0 Å². The fourth-order valence-corrected chi connectivity index (χ4v) is 2.19. The number of hydrogen-bond acceptors (Lipinski definition) is 1. The highest BCUT2D eigenvalue weighted by molar-refractivity contribution is 9.10. The maximum Gasteiger partial charge on any atom is 0.147 e. The largest absolute Gasteiger partial charge is 0.505 e. The predicted octanol–water partition coefficient (Wildman–Crippen LogP) is 0.957. The summed E-state index contributed by atoms with van der Waals surface area (Å²) in [4.78, 5) is 0. The first-order valence-electron chi connectivity index (χ1n) is 4.15. The zero-order chi connectivity index (χ0) is 9.64. The summed E-state index contributed by atoms with van der Waals surface area (Å²) in [7, 11) is 4.13. The SMILES string of the molecule is BC1(B)Cc2c(ccc(Br)c2Cl)O1. The minimum atomic E-state index is -0.118. The highest BCUT2D eigenvalue weighted by atomic mass is 79.9. The molecule has 1 nitrogen and oxygen atoms in total. The van der Waals surface area contributed by atoms with E-state index in [9.17, 15) is 0 Å². The molecule has 0 unspecified atom stereocenters. The smallest absolute Gasteiger partial charge is 0.147 e. The van der Waals surface area contributed by atoms with Crippen molar-refractivity contribution in [2.24, 2.45) is 0 Å². The molecule has 0 radical (unpaired) electrons. The Labute approximate surface area is 92.7 Å². The molecule has 0 bridgehead atoms. The molecular formula is C8H8B2BrClO. The first-order chi connectivity index (χ1) is 5.99. The van der Waals surface area contributed by atoms with Crippen LogP contribution in [0.25, 0.3) is 0 Å². The topological polar surface area (TPSA) is 9.23 Å². The minimum Gasteiger partial charge on any atom is -0.505 e. The van der Waals surface area contributed by atoms with Gasteiger partial charge >= 0.3 is 0 Å². The van der Waals surface area contributed by atoms with E-state index in [0.717, 1.165) is 27.2 Å². The number of rotatable bonds is 0. The molecule has 0 saturated carbocycles. The van der Waals surface area contributed by atoms with Crippen molar-refractivity contribution < 1.29 is 4.74 Å². The van der Waals surface area contributed by atoms with E-state index in [1.54, 1.807) is 0 Å². The highest BCUT2D eigenvalue weighted by Gasteiger charge is 2.31. The van der Waals surface area contributed by atoms with Gasteiger partial charge in [-0.25, -0.2) is 0 Å². The van der Waals surface area contributed by atoms with Crippen LogP contribution in [0.3, 0.4) is 0 Å². The second-order valence-corrected chi connectivity index (χ2v) is 5.11. The molecule has 1 aromatic rings. The van der Waals surface area contributed by atoms with Crippen molar-refractivity contribution >= 4 is 43.2 Å². The lowest BCUT2D eigenvalue weighted by Crippen LogP contribution is -2.34. The average Bonchev–Trinajstić information content (AvgIpc) is 2.34. The summed E-state index contributed by atoms with van der Waals surface area (Å²) in [5.41, 5.74) is 1.11. The Morgan fingerprint density at radius 2 is 2.15 bits per heavy atom. The molecule has 0 fully saturated rings. The van der Waals surface area contributed by atoms with E-state index in [4.69, 9.17) is 16.3 Å².